The summed E-state index contributed by atoms with van der Waals surface area (Å²) < 4.78 is 5.60. The highest BCUT2D eigenvalue weighted by Crippen LogP contribution is 2.11. The average Bonchev–Trinajstić information content (AvgIpc) is 2.46. The van der Waals surface area contributed by atoms with Gasteiger partial charge in [0.05, 0.1) is 5.54 Å². The maximum absolute atomic E-state index is 11.3. The topological polar surface area (TPSA) is 64.3 Å². The fourth-order valence-corrected chi connectivity index (χ4v) is 2.02. The van der Waals surface area contributed by atoms with Crippen molar-refractivity contribution in [2.45, 2.75) is 38.1 Å². The number of nitrogens with one attached hydrogen (secondary N) is 1. The second-order valence-electron chi connectivity index (χ2n) is 5.25. The van der Waals surface area contributed by atoms with Crippen LogP contribution in [0.15, 0.2) is 30.3 Å². The fraction of sp³-hybridized carbons (Fsp3) is 0.562. The second-order valence-corrected chi connectivity index (χ2v) is 5.25. The lowest BCUT2D eigenvalue weighted by Crippen LogP contribution is -2.51. The van der Waals surface area contributed by atoms with Crippen molar-refractivity contribution in [1.82, 2.24) is 5.32 Å². The molecule has 0 radical (unpaired) electrons. The van der Waals surface area contributed by atoms with E-state index in [-0.39, 0.29) is 5.91 Å². The number of rotatable bonds is 10. The maximum Gasteiger partial charge on any atom is 0.237 e. The van der Waals surface area contributed by atoms with Crippen LogP contribution in [-0.2, 0) is 16.0 Å². The minimum atomic E-state index is -0.632. The van der Waals surface area contributed by atoms with Crippen LogP contribution >= 0.6 is 0 Å². The average molecular weight is 278 g/mol. The Morgan fingerprint density at radius 2 is 1.90 bits per heavy atom. The molecule has 112 valence electrons. The summed E-state index contributed by atoms with van der Waals surface area (Å²) in [5.74, 6) is -0.316. The van der Waals surface area contributed by atoms with E-state index in [2.05, 4.69) is 29.6 Å². The third-order valence-electron chi connectivity index (χ3n) is 3.66. The number of carbonyl (C=O) groups excluding carboxylic acids is 1. The van der Waals surface area contributed by atoms with Crippen molar-refractivity contribution in [1.29, 1.82) is 0 Å². The standard InChI is InChI=1S/C16H26N2O2/c1-16(18-2,15(17)19)11-7-13-20-12-6-10-14-8-4-3-5-9-14/h3-5,8-9,18H,6-7,10-13H2,1-2H3,(H2,17,19). The number of carbonyl (C=O) groups is 1. The first-order chi connectivity index (χ1) is 9.58. The zero-order chi connectivity index (χ0) is 14.8. The summed E-state index contributed by atoms with van der Waals surface area (Å²) in [6.45, 7) is 3.24. The second kappa shape index (κ2) is 8.72. The van der Waals surface area contributed by atoms with Crippen molar-refractivity contribution < 1.29 is 9.53 Å². The molecule has 0 aliphatic heterocycles. The normalized spacial score (nSPS) is 13.9. The van der Waals surface area contributed by atoms with Gasteiger partial charge in [-0.1, -0.05) is 30.3 Å². The molecule has 0 fully saturated rings. The van der Waals surface area contributed by atoms with Gasteiger partial charge in [0.15, 0.2) is 0 Å². The van der Waals surface area contributed by atoms with Crippen molar-refractivity contribution in [3.05, 3.63) is 35.9 Å². The van der Waals surface area contributed by atoms with Crippen LogP contribution in [-0.4, -0.2) is 31.7 Å². The van der Waals surface area contributed by atoms with Gasteiger partial charge in [0, 0.05) is 13.2 Å². The summed E-state index contributed by atoms with van der Waals surface area (Å²) in [5, 5.41) is 2.97. The Balaban J connectivity index is 2.07. The number of aryl methyl sites for hydroxylation is 1. The van der Waals surface area contributed by atoms with Crippen molar-refractivity contribution in [2.24, 2.45) is 5.73 Å². The molecule has 1 atom stereocenters. The molecule has 0 aliphatic rings. The van der Waals surface area contributed by atoms with Crippen LogP contribution in [0, 0.1) is 0 Å². The molecule has 1 unspecified atom stereocenters. The maximum atomic E-state index is 11.3. The van der Waals surface area contributed by atoms with Crippen LogP contribution in [0.2, 0.25) is 0 Å². The molecule has 1 aromatic carbocycles. The first-order valence-electron chi connectivity index (χ1n) is 7.19. The molecule has 0 saturated carbocycles. The summed E-state index contributed by atoms with van der Waals surface area (Å²) in [7, 11) is 1.76. The Kier molecular flexibility index (Phi) is 7.26. The van der Waals surface area contributed by atoms with Crippen molar-refractivity contribution in [2.75, 3.05) is 20.3 Å². The Labute approximate surface area is 121 Å². The Morgan fingerprint density at radius 1 is 1.25 bits per heavy atom. The predicted octanol–water partition coefficient (Wildman–Crippen LogP) is 1.88. The molecule has 0 aliphatic carbocycles. The summed E-state index contributed by atoms with van der Waals surface area (Å²) in [4.78, 5) is 11.3. The number of amides is 1. The highest BCUT2D eigenvalue weighted by molar-refractivity contribution is 5.84. The third kappa shape index (κ3) is 5.72. The van der Waals surface area contributed by atoms with E-state index in [1.807, 2.05) is 13.0 Å². The van der Waals surface area contributed by atoms with Crippen LogP contribution in [0.5, 0.6) is 0 Å². The quantitative estimate of drug-likeness (QED) is 0.642. The number of hydrogen-bond donors (Lipinski definition) is 2. The zero-order valence-corrected chi connectivity index (χ0v) is 12.5. The molecule has 4 heteroatoms. The first-order valence-corrected chi connectivity index (χ1v) is 7.19. The lowest BCUT2D eigenvalue weighted by molar-refractivity contribution is -0.124. The van der Waals surface area contributed by atoms with Gasteiger partial charge in [-0.2, -0.15) is 0 Å². The number of likely N-dealkylation sites (N-methyl/N-ethyl adjacent to an activating group) is 1. The summed E-state index contributed by atoms with van der Waals surface area (Å²) >= 11 is 0. The fourth-order valence-electron chi connectivity index (χ4n) is 2.02. The molecular weight excluding hydrogens is 252 g/mol. The van der Waals surface area contributed by atoms with Gasteiger partial charge in [0.2, 0.25) is 5.91 Å². The Hall–Kier alpha value is -1.39. The molecule has 3 N–H and O–H groups in total. The van der Waals surface area contributed by atoms with E-state index in [1.54, 1.807) is 7.05 Å². The lowest BCUT2D eigenvalue weighted by atomic mass is 9.95. The van der Waals surface area contributed by atoms with Gasteiger partial charge in [-0.15, -0.1) is 0 Å². The van der Waals surface area contributed by atoms with Crippen LogP contribution < -0.4 is 11.1 Å². The van der Waals surface area contributed by atoms with Crippen molar-refractivity contribution >= 4 is 5.91 Å². The van der Waals surface area contributed by atoms with E-state index in [9.17, 15) is 4.79 Å². The predicted molar refractivity (Wildman–Crippen MR) is 81.5 cm³/mol. The summed E-state index contributed by atoms with van der Waals surface area (Å²) in [6, 6.07) is 10.4. The van der Waals surface area contributed by atoms with Gasteiger partial charge >= 0.3 is 0 Å². The molecule has 1 rings (SSSR count). The first kappa shape index (κ1) is 16.7. The van der Waals surface area contributed by atoms with E-state index in [4.69, 9.17) is 10.5 Å². The van der Waals surface area contributed by atoms with Gasteiger partial charge in [-0.05, 0) is 45.2 Å². The van der Waals surface area contributed by atoms with Crippen molar-refractivity contribution in [3.8, 4) is 0 Å². The number of benzene rings is 1. The zero-order valence-electron chi connectivity index (χ0n) is 12.5. The van der Waals surface area contributed by atoms with E-state index >= 15 is 0 Å². The van der Waals surface area contributed by atoms with Gasteiger partial charge in [0.1, 0.15) is 0 Å². The molecular formula is C16H26N2O2. The minimum absolute atomic E-state index is 0.316. The smallest absolute Gasteiger partial charge is 0.237 e. The summed E-state index contributed by atoms with van der Waals surface area (Å²) in [5.41, 5.74) is 6.07. The van der Waals surface area contributed by atoms with E-state index in [1.165, 1.54) is 5.56 Å². The van der Waals surface area contributed by atoms with Gasteiger partial charge < -0.3 is 15.8 Å². The van der Waals surface area contributed by atoms with E-state index < -0.39 is 5.54 Å². The number of ether oxygens (including phenoxy) is 1. The molecule has 1 amide bonds. The molecule has 4 nitrogen and oxygen atoms in total. The van der Waals surface area contributed by atoms with Gasteiger partial charge in [0.25, 0.3) is 0 Å². The highest BCUT2D eigenvalue weighted by atomic mass is 16.5. The lowest BCUT2D eigenvalue weighted by Gasteiger charge is -2.25. The van der Waals surface area contributed by atoms with Crippen LogP contribution in [0.3, 0.4) is 0 Å². The SMILES string of the molecule is CNC(C)(CCCOCCCc1ccccc1)C(N)=O. The third-order valence-corrected chi connectivity index (χ3v) is 3.66. The van der Waals surface area contributed by atoms with E-state index in [0.717, 1.165) is 25.9 Å². The molecule has 0 saturated heterocycles. The van der Waals surface area contributed by atoms with Crippen molar-refractivity contribution in [3.63, 3.8) is 0 Å². The molecule has 0 bridgehead atoms. The monoisotopic (exact) mass is 278 g/mol. The molecule has 0 spiro atoms. The van der Waals surface area contributed by atoms with Gasteiger partial charge in [-0.3, -0.25) is 4.79 Å². The number of nitrogens with two attached hydrogens (primary N) is 1. The molecule has 0 aromatic heterocycles. The minimum Gasteiger partial charge on any atom is -0.381 e. The van der Waals surface area contributed by atoms with Gasteiger partial charge in [-0.25, -0.2) is 0 Å². The van der Waals surface area contributed by atoms with Crippen LogP contribution in [0.4, 0.5) is 0 Å². The summed E-state index contributed by atoms with van der Waals surface area (Å²) in [6.07, 6.45) is 3.57. The number of primary amides is 1. The largest absolute Gasteiger partial charge is 0.381 e. The molecule has 0 heterocycles. The van der Waals surface area contributed by atoms with E-state index in [0.29, 0.717) is 13.0 Å². The molecule has 1 aromatic rings. The Morgan fingerprint density at radius 3 is 2.50 bits per heavy atom. The Bertz CT molecular complexity index is 395. The molecule has 20 heavy (non-hydrogen) atoms. The van der Waals surface area contributed by atoms with Crippen LogP contribution in [0.1, 0.15) is 31.7 Å². The van der Waals surface area contributed by atoms with Crippen LogP contribution in [0.25, 0.3) is 0 Å². The highest BCUT2D eigenvalue weighted by Gasteiger charge is 2.27. The number of hydrogen-bond acceptors (Lipinski definition) is 3.